The number of nitro groups is 1. The van der Waals surface area contributed by atoms with Crippen molar-refractivity contribution in [2.24, 2.45) is 0 Å². The number of hydrogen-bond acceptors (Lipinski definition) is 4. The molecule has 0 aliphatic heterocycles. The minimum atomic E-state index is -0.438. The summed E-state index contributed by atoms with van der Waals surface area (Å²) in [6, 6.07) is 4.54. The summed E-state index contributed by atoms with van der Waals surface area (Å²) in [5.41, 5.74) is 1.17. The molecule has 98 valence electrons. The van der Waals surface area contributed by atoms with Crippen LogP contribution in [0.15, 0.2) is 18.2 Å². The highest BCUT2D eigenvalue weighted by Crippen LogP contribution is 2.21. The average molecular weight is 251 g/mol. The summed E-state index contributed by atoms with van der Waals surface area (Å²) >= 11 is 0. The Labute approximate surface area is 106 Å². The molecule has 6 heteroatoms. The van der Waals surface area contributed by atoms with Gasteiger partial charge in [-0.3, -0.25) is 14.9 Å². The number of nitrogens with one attached hydrogen (secondary N) is 2. The Morgan fingerprint density at radius 1 is 1.44 bits per heavy atom. The molecule has 0 radical (unpaired) electrons. The van der Waals surface area contributed by atoms with Gasteiger partial charge in [0, 0.05) is 30.3 Å². The van der Waals surface area contributed by atoms with E-state index < -0.39 is 4.92 Å². The highest BCUT2D eigenvalue weighted by molar-refractivity contribution is 5.91. The van der Waals surface area contributed by atoms with Gasteiger partial charge in [0.25, 0.3) is 5.69 Å². The predicted octanol–water partition coefficient (Wildman–Crippen LogP) is 1.84. The molecule has 6 nitrogen and oxygen atoms in total. The van der Waals surface area contributed by atoms with Crippen molar-refractivity contribution in [3.63, 3.8) is 0 Å². The van der Waals surface area contributed by atoms with E-state index in [0.29, 0.717) is 24.2 Å². The van der Waals surface area contributed by atoms with Crippen LogP contribution in [0.2, 0.25) is 0 Å². The summed E-state index contributed by atoms with van der Waals surface area (Å²) in [4.78, 5) is 21.7. The Hall–Kier alpha value is -1.95. The number of hydrogen-bond donors (Lipinski definition) is 2. The second-order valence-corrected chi connectivity index (χ2v) is 3.91. The van der Waals surface area contributed by atoms with E-state index >= 15 is 0 Å². The molecule has 0 aromatic heterocycles. The van der Waals surface area contributed by atoms with Crippen LogP contribution in [0, 0.1) is 17.0 Å². The van der Waals surface area contributed by atoms with E-state index in [1.165, 1.54) is 12.1 Å². The van der Waals surface area contributed by atoms with Gasteiger partial charge in [-0.05, 0) is 25.6 Å². The van der Waals surface area contributed by atoms with Gasteiger partial charge in [-0.25, -0.2) is 0 Å². The lowest BCUT2D eigenvalue weighted by atomic mass is 10.2. The first-order valence-electron chi connectivity index (χ1n) is 5.80. The average Bonchev–Trinajstić information content (AvgIpc) is 2.28. The Morgan fingerprint density at radius 2 is 2.17 bits per heavy atom. The van der Waals surface area contributed by atoms with E-state index in [4.69, 9.17) is 0 Å². The zero-order valence-corrected chi connectivity index (χ0v) is 10.5. The van der Waals surface area contributed by atoms with Crippen molar-refractivity contribution in [2.75, 3.05) is 18.4 Å². The minimum absolute atomic E-state index is 0.0562. The van der Waals surface area contributed by atoms with Crippen molar-refractivity contribution in [1.29, 1.82) is 0 Å². The maximum Gasteiger partial charge on any atom is 0.272 e. The molecule has 0 aliphatic carbocycles. The van der Waals surface area contributed by atoms with Gasteiger partial charge in [0.2, 0.25) is 5.91 Å². The van der Waals surface area contributed by atoms with Crippen molar-refractivity contribution >= 4 is 17.3 Å². The Bertz CT molecular complexity index is 446. The summed E-state index contributed by atoms with van der Waals surface area (Å²) in [5.74, 6) is -0.107. The fourth-order valence-corrected chi connectivity index (χ4v) is 1.54. The van der Waals surface area contributed by atoms with Crippen molar-refractivity contribution in [3.05, 3.63) is 33.9 Å². The van der Waals surface area contributed by atoms with Crippen LogP contribution in [-0.2, 0) is 4.79 Å². The molecule has 0 unspecified atom stereocenters. The molecule has 0 spiro atoms. The van der Waals surface area contributed by atoms with Crippen LogP contribution in [0.3, 0.4) is 0 Å². The number of benzene rings is 1. The molecule has 0 saturated heterocycles. The molecule has 0 fully saturated rings. The number of nitrogens with zero attached hydrogens (tertiary/aromatic N) is 1. The van der Waals surface area contributed by atoms with E-state index in [0.717, 1.165) is 6.54 Å². The van der Waals surface area contributed by atoms with Crippen LogP contribution >= 0.6 is 0 Å². The maximum atomic E-state index is 11.5. The quantitative estimate of drug-likeness (QED) is 0.459. The smallest absolute Gasteiger partial charge is 0.272 e. The number of nitro benzene ring substituents is 1. The van der Waals surface area contributed by atoms with Crippen LogP contribution in [0.25, 0.3) is 0 Å². The van der Waals surface area contributed by atoms with Crippen molar-refractivity contribution in [3.8, 4) is 0 Å². The van der Waals surface area contributed by atoms with Gasteiger partial charge in [0.05, 0.1) is 4.92 Å². The summed E-state index contributed by atoms with van der Waals surface area (Å²) in [7, 11) is 0. The van der Waals surface area contributed by atoms with E-state index in [2.05, 4.69) is 10.6 Å². The fourth-order valence-electron chi connectivity index (χ4n) is 1.54. The van der Waals surface area contributed by atoms with Crippen LogP contribution in [0.4, 0.5) is 11.4 Å². The van der Waals surface area contributed by atoms with Gasteiger partial charge in [-0.1, -0.05) is 6.92 Å². The largest absolute Gasteiger partial charge is 0.326 e. The summed E-state index contributed by atoms with van der Waals surface area (Å²) in [5, 5.41) is 16.4. The molecule has 2 N–H and O–H groups in total. The maximum absolute atomic E-state index is 11.5. The number of carbonyl (C=O) groups excluding carboxylic acids is 1. The number of rotatable bonds is 6. The lowest BCUT2D eigenvalue weighted by Gasteiger charge is -2.06. The zero-order chi connectivity index (χ0) is 13.5. The van der Waals surface area contributed by atoms with Crippen LogP contribution in [0.5, 0.6) is 0 Å². The summed E-state index contributed by atoms with van der Waals surface area (Å²) in [6.45, 7) is 5.06. The third-order valence-electron chi connectivity index (χ3n) is 2.46. The van der Waals surface area contributed by atoms with Gasteiger partial charge >= 0.3 is 0 Å². The molecule has 0 bridgehead atoms. The lowest BCUT2D eigenvalue weighted by molar-refractivity contribution is -0.385. The van der Waals surface area contributed by atoms with E-state index in [1.807, 2.05) is 6.92 Å². The first-order chi connectivity index (χ1) is 8.54. The molecule has 0 heterocycles. The van der Waals surface area contributed by atoms with Crippen LogP contribution in [-0.4, -0.2) is 23.9 Å². The fraction of sp³-hybridized carbons (Fsp3) is 0.417. The van der Waals surface area contributed by atoms with Crippen LogP contribution in [0.1, 0.15) is 18.9 Å². The summed E-state index contributed by atoms with van der Waals surface area (Å²) in [6.07, 6.45) is 0.379. The number of carbonyl (C=O) groups is 1. The molecule has 1 amide bonds. The van der Waals surface area contributed by atoms with E-state index in [1.54, 1.807) is 13.0 Å². The predicted molar refractivity (Wildman–Crippen MR) is 69.6 cm³/mol. The van der Waals surface area contributed by atoms with Gasteiger partial charge in [0.15, 0.2) is 0 Å². The van der Waals surface area contributed by atoms with Crippen molar-refractivity contribution in [1.82, 2.24) is 5.32 Å². The first-order valence-corrected chi connectivity index (χ1v) is 5.80. The third kappa shape index (κ3) is 4.14. The standard InChI is InChI=1S/C12H17N3O3/c1-3-13-7-6-12(16)14-10-4-5-11(15(17)18)9(2)8-10/h4-5,8,13H,3,6-7H2,1-2H3,(H,14,16). The minimum Gasteiger partial charge on any atom is -0.326 e. The lowest BCUT2D eigenvalue weighted by Crippen LogP contribution is -2.21. The molecule has 18 heavy (non-hydrogen) atoms. The van der Waals surface area contributed by atoms with E-state index in [9.17, 15) is 14.9 Å². The van der Waals surface area contributed by atoms with Gasteiger partial charge < -0.3 is 10.6 Å². The Morgan fingerprint density at radius 3 is 2.72 bits per heavy atom. The topological polar surface area (TPSA) is 84.3 Å². The number of amides is 1. The second-order valence-electron chi connectivity index (χ2n) is 3.91. The summed E-state index contributed by atoms with van der Waals surface area (Å²) < 4.78 is 0. The Balaban J connectivity index is 2.60. The monoisotopic (exact) mass is 251 g/mol. The molecule has 1 aromatic carbocycles. The Kier molecular flexibility index (Phi) is 5.26. The zero-order valence-electron chi connectivity index (χ0n) is 10.5. The molecular formula is C12H17N3O3. The van der Waals surface area contributed by atoms with Gasteiger partial charge in [0.1, 0.15) is 0 Å². The number of aryl methyl sites for hydroxylation is 1. The van der Waals surface area contributed by atoms with E-state index in [-0.39, 0.29) is 11.6 Å². The van der Waals surface area contributed by atoms with Crippen molar-refractivity contribution < 1.29 is 9.72 Å². The first kappa shape index (κ1) is 14.1. The molecule has 0 saturated carbocycles. The molecule has 1 aromatic rings. The second kappa shape index (κ2) is 6.70. The number of anilines is 1. The highest BCUT2D eigenvalue weighted by Gasteiger charge is 2.11. The SMILES string of the molecule is CCNCCC(=O)Nc1ccc([N+](=O)[O-])c(C)c1. The molecular weight excluding hydrogens is 234 g/mol. The van der Waals surface area contributed by atoms with Gasteiger partial charge in [-0.15, -0.1) is 0 Å². The molecule has 1 rings (SSSR count). The molecule has 0 aliphatic rings. The third-order valence-corrected chi connectivity index (χ3v) is 2.46. The van der Waals surface area contributed by atoms with Crippen LogP contribution < -0.4 is 10.6 Å². The van der Waals surface area contributed by atoms with Gasteiger partial charge in [-0.2, -0.15) is 0 Å². The molecule has 0 atom stereocenters. The highest BCUT2D eigenvalue weighted by atomic mass is 16.6. The normalized spacial score (nSPS) is 10.1. The van der Waals surface area contributed by atoms with Crippen molar-refractivity contribution in [2.45, 2.75) is 20.3 Å².